The normalized spacial score (nSPS) is 20.0. The zero-order valence-corrected chi connectivity index (χ0v) is 29.3. The third-order valence-electron chi connectivity index (χ3n) is 10.7. The van der Waals surface area contributed by atoms with Gasteiger partial charge < -0.3 is 9.84 Å². The van der Waals surface area contributed by atoms with E-state index in [-0.39, 0.29) is 5.60 Å². The van der Waals surface area contributed by atoms with Gasteiger partial charge >= 0.3 is 0 Å². The van der Waals surface area contributed by atoms with Crippen LogP contribution in [0.15, 0.2) is 0 Å². The first kappa shape index (κ1) is 36.0. The van der Waals surface area contributed by atoms with Gasteiger partial charge in [-0.3, -0.25) is 0 Å². The SMILES string of the molecule is Cc1c(C)c2c(c(C)c1O)CCC(C)(CCCC(C)CCCC(C)CCCC(C)CCCC(C)CCCC(C)C)O2. The zero-order chi connectivity index (χ0) is 30.6. The third kappa shape index (κ3) is 12.5. The molecule has 0 amide bonds. The van der Waals surface area contributed by atoms with Crippen molar-refractivity contribution in [3.05, 3.63) is 22.3 Å². The maximum Gasteiger partial charge on any atom is 0.127 e. The van der Waals surface area contributed by atoms with Crippen LogP contribution in [-0.2, 0) is 6.42 Å². The minimum atomic E-state index is -0.0787. The molecule has 2 rings (SSSR count). The van der Waals surface area contributed by atoms with Gasteiger partial charge in [-0.25, -0.2) is 0 Å². The molecule has 1 heterocycles. The lowest BCUT2D eigenvalue weighted by Gasteiger charge is -2.38. The number of hydrogen-bond donors (Lipinski definition) is 1. The average molecular weight is 571 g/mol. The largest absolute Gasteiger partial charge is 0.507 e. The maximum atomic E-state index is 10.5. The number of aromatic hydroxyl groups is 1. The summed E-state index contributed by atoms with van der Waals surface area (Å²) in [5.74, 6) is 5.85. The lowest BCUT2D eigenvalue weighted by molar-refractivity contribution is 0.0512. The van der Waals surface area contributed by atoms with Gasteiger partial charge in [-0.05, 0) is 99.7 Å². The highest BCUT2D eigenvalue weighted by atomic mass is 16.5. The van der Waals surface area contributed by atoms with E-state index in [4.69, 9.17) is 4.74 Å². The van der Waals surface area contributed by atoms with E-state index in [9.17, 15) is 5.11 Å². The van der Waals surface area contributed by atoms with E-state index in [0.717, 1.165) is 71.3 Å². The minimum Gasteiger partial charge on any atom is -0.507 e. The fourth-order valence-corrected chi connectivity index (χ4v) is 7.19. The number of ether oxygens (including phenoxy) is 1. The summed E-state index contributed by atoms with van der Waals surface area (Å²) >= 11 is 0. The van der Waals surface area contributed by atoms with Crippen molar-refractivity contribution in [2.75, 3.05) is 0 Å². The van der Waals surface area contributed by atoms with Gasteiger partial charge in [-0.1, -0.05) is 125 Å². The van der Waals surface area contributed by atoms with Crippen LogP contribution in [0.2, 0.25) is 0 Å². The van der Waals surface area contributed by atoms with Crippen LogP contribution >= 0.6 is 0 Å². The molecular formula is C39H70O2. The Morgan fingerprint density at radius 1 is 0.610 bits per heavy atom. The van der Waals surface area contributed by atoms with Crippen molar-refractivity contribution < 1.29 is 9.84 Å². The first-order valence-corrected chi connectivity index (χ1v) is 17.8. The van der Waals surface area contributed by atoms with Crippen LogP contribution in [0.1, 0.15) is 173 Å². The number of phenolic OH excluding ortho intramolecular Hbond substituents is 1. The minimum absolute atomic E-state index is 0.0787. The molecule has 0 bridgehead atoms. The molecule has 5 unspecified atom stereocenters. The molecule has 1 aliphatic rings. The molecule has 0 saturated heterocycles. The summed E-state index contributed by atoms with van der Waals surface area (Å²) < 4.78 is 6.66. The fraction of sp³-hybridized carbons (Fsp3) is 0.846. The van der Waals surface area contributed by atoms with E-state index in [1.54, 1.807) is 0 Å². The van der Waals surface area contributed by atoms with E-state index in [0.29, 0.717) is 5.75 Å². The topological polar surface area (TPSA) is 29.5 Å². The number of rotatable bonds is 20. The summed E-state index contributed by atoms with van der Waals surface area (Å²) in [6, 6.07) is 0. The van der Waals surface area contributed by atoms with Gasteiger partial charge in [0.1, 0.15) is 17.1 Å². The summed E-state index contributed by atoms with van der Waals surface area (Å²) in [5.41, 5.74) is 4.23. The molecule has 5 atom stereocenters. The molecule has 2 nitrogen and oxygen atoms in total. The number of phenols is 1. The lowest BCUT2D eigenvalue weighted by Crippen LogP contribution is -2.37. The first-order valence-electron chi connectivity index (χ1n) is 17.8. The van der Waals surface area contributed by atoms with Crippen molar-refractivity contribution in [1.29, 1.82) is 0 Å². The summed E-state index contributed by atoms with van der Waals surface area (Å²) in [4.78, 5) is 0. The number of benzene rings is 1. The number of fused-ring (bicyclic) bond motifs is 1. The summed E-state index contributed by atoms with van der Waals surface area (Å²) in [6.45, 7) is 23.0. The highest BCUT2D eigenvalue weighted by molar-refractivity contribution is 5.58. The molecule has 1 aliphatic heterocycles. The van der Waals surface area contributed by atoms with Gasteiger partial charge in [0, 0.05) is 5.56 Å². The second kappa shape index (κ2) is 17.8. The standard InChI is InChI=1S/C39H70O2/c1-28(2)16-11-17-29(3)18-12-19-30(4)20-13-21-31(5)22-14-23-32(6)24-15-26-39(10)27-25-36-35(9)37(40)33(7)34(8)38(36)41-39/h28-32,40H,11-27H2,1-10H3. The van der Waals surface area contributed by atoms with Crippen molar-refractivity contribution in [3.8, 4) is 11.5 Å². The monoisotopic (exact) mass is 571 g/mol. The second-order valence-corrected chi connectivity index (χ2v) is 15.5. The van der Waals surface area contributed by atoms with E-state index in [1.165, 1.54) is 95.5 Å². The average Bonchev–Trinajstić information content (AvgIpc) is 2.90. The Bertz CT molecular complexity index is 886. The Labute approximate surface area is 256 Å². The smallest absolute Gasteiger partial charge is 0.127 e. The van der Waals surface area contributed by atoms with Crippen molar-refractivity contribution in [1.82, 2.24) is 0 Å². The number of hydrogen-bond acceptors (Lipinski definition) is 2. The van der Waals surface area contributed by atoms with Gasteiger partial charge in [-0.2, -0.15) is 0 Å². The second-order valence-electron chi connectivity index (χ2n) is 15.5. The molecule has 0 spiro atoms. The Morgan fingerprint density at radius 3 is 1.46 bits per heavy atom. The molecule has 0 radical (unpaired) electrons. The predicted molar refractivity (Wildman–Crippen MR) is 180 cm³/mol. The van der Waals surface area contributed by atoms with Gasteiger partial charge in [0.2, 0.25) is 0 Å². The molecule has 0 saturated carbocycles. The molecule has 41 heavy (non-hydrogen) atoms. The molecule has 1 aromatic rings. The maximum absolute atomic E-state index is 10.5. The highest BCUT2D eigenvalue weighted by Crippen LogP contribution is 2.44. The van der Waals surface area contributed by atoms with Crippen LogP contribution in [0.25, 0.3) is 0 Å². The molecule has 238 valence electrons. The Kier molecular flexibility index (Phi) is 15.7. The Balaban J connectivity index is 1.55. The fourth-order valence-electron chi connectivity index (χ4n) is 7.19. The van der Waals surface area contributed by atoms with Gasteiger partial charge in [0.05, 0.1) is 0 Å². The van der Waals surface area contributed by atoms with Crippen LogP contribution in [0.3, 0.4) is 0 Å². The van der Waals surface area contributed by atoms with E-state index < -0.39 is 0 Å². The van der Waals surface area contributed by atoms with Crippen molar-refractivity contribution in [2.45, 2.75) is 184 Å². The molecule has 1 aromatic carbocycles. The van der Waals surface area contributed by atoms with Gasteiger partial charge in [0.15, 0.2) is 0 Å². The quantitative estimate of drug-likeness (QED) is 0.169. The van der Waals surface area contributed by atoms with E-state index in [2.05, 4.69) is 55.4 Å². The first-order chi connectivity index (χ1) is 19.3. The zero-order valence-electron chi connectivity index (χ0n) is 29.3. The molecule has 0 aliphatic carbocycles. The highest BCUT2D eigenvalue weighted by Gasteiger charge is 2.34. The van der Waals surface area contributed by atoms with Crippen molar-refractivity contribution in [2.24, 2.45) is 29.6 Å². The molecule has 1 N–H and O–H groups in total. The van der Waals surface area contributed by atoms with Gasteiger partial charge in [0.25, 0.3) is 0 Å². The van der Waals surface area contributed by atoms with Crippen molar-refractivity contribution >= 4 is 0 Å². The van der Waals surface area contributed by atoms with Crippen molar-refractivity contribution in [3.63, 3.8) is 0 Å². The van der Waals surface area contributed by atoms with E-state index >= 15 is 0 Å². The molecule has 0 fully saturated rings. The molecule has 2 heteroatoms. The molecular weight excluding hydrogens is 500 g/mol. The van der Waals surface area contributed by atoms with Crippen LogP contribution < -0.4 is 4.74 Å². The summed E-state index contributed by atoms with van der Waals surface area (Å²) in [7, 11) is 0. The summed E-state index contributed by atoms with van der Waals surface area (Å²) in [5, 5.41) is 10.5. The lowest BCUT2D eigenvalue weighted by atomic mass is 9.83. The Hall–Kier alpha value is -1.18. The van der Waals surface area contributed by atoms with E-state index in [1.807, 2.05) is 13.8 Å². The Morgan fingerprint density at radius 2 is 1.02 bits per heavy atom. The van der Waals surface area contributed by atoms with Gasteiger partial charge in [-0.15, -0.1) is 0 Å². The van der Waals surface area contributed by atoms with Crippen LogP contribution in [0.4, 0.5) is 0 Å². The van der Waals surface area contributed by atoms with Crippen LogP contribution in [0, 0.1) is 50.4 Å². The van der Waals surface area contributed by atoms with Crippen LogP contribution in [0.5, 0.6) is 11.5 Å². The third-order valence-corrected chi connectivity index (χ3v) is 10.7. The summed E-state index contributed by atoms with van der Waals surface area (Å²) in [6.07, 6.45) is 22.7. The van der Waals surface area contributed by atoms with Crippen LogP contribution in [-0.4, -0.2) is 10.7 Å². The predicted octanol–water partition coefficient (Wildman–Crippen LogP) is 12.5. The molecule has 0 aromatic heterocycles.